The molecule has 6 N–H and O–H groups in total. The topological polar surface area (TPSA) is 165 Å². The number of Topliss-reactive ketones (excluding diaryl/α,β-unsaturated/α-hetero) is 2. The van der Waals surface area contributed by atoms with Crippen molar-refractivity contribution >= 4 is 23.2 Å². The standard InChI is InChI=1S/C31H38FN3O7/c1-4-7-35(8-5-2)24-17-12-14-11-15-20(25(36)16-10-13-6-9-34(3)23(13)19(16)22(15)32)26(37)18(14)28(39)31(17,42)29(40)21(27(24)38)30(33)41/h13-14,17,23-24,36-37,40,42H,4-12H2,1-3H3,(H2,33,41)/t13-,14-,17-,23-,24-,31-/m0/s1. The first kappa shape index (κ1) is 28.8. The Labute approximate surface area is 243 Å². The SMILES string of the molecule is CCCN(CCC)[C@@H]1C(=O)C(C(N)=O)=C(O)[C@@]2(O)C(=O)C3=C(O)c4c(O)c5c(c(F)c4C[C@H]3C[C@@H]12)[C@@H]1[C@@H](CCN1C)C5. The molecule has 10 nitrogen and oxygen atoms in total. The number of halogens is 1. The van der Waals surface area contributed by atoms with Crippen molar-refractivity contribution in [2.45, 2.75) is 70.1 Å². The monoisotopic (exact) mass is 583 g/mol. The van der Waals surface area contributed by atoms with Crippen LogP contribution in [-0.2, 0) is 27.2 Å². The number of nitrogens with zero attached hydrogens (tertiary/aromatic N) is 2. The molecule has 0 unspecified atom stereocenters. The fraction of sp³-hybridized carbons (Fsp3) is 0.581. The molecule has 1 saturated carbocycles. The number of nitrogens with two attached hydrogens (primary N) is 1. The number of carbonyl (C=O) groups is 3. The number of rotatable bonds is 6. The number of aliphatic hydroxyl groups excluding tert-OH is 2. The van der Waals surface area contributed by atoms with Gasteiger partial charge in [0.1, 0.15) is 28.7 Å². The summed E-state index contributed by atoms with van der Waals surface area (Å²) in [5.74, 6) is -7.53. The highest BCUT2D eigenvalue weighted by atomic mass is 19.1. The van der Waals surface area contributed by atoms with E-state index in [9.17, 15) is 34.8 Å². The van der Waals surface area contributed by atoms with Gasteiger partial charge in [0.25, 0.3) is 5.91 Å². The van der Waals surface area contributed by atoms with E-state index in [0.29, 0.717) is 43.5 Å². The molecular formula is C31H38FN3O7. The molecular weight excluding hydrogens is 545 g/mol. The number of likely N-dealkylation sites (tertiary alicyclic amines) is 1. The Morgan fingerprint density at radius 2 is 1.79 bits per heavy atom. The molecule has 11 heteroatoms. The molecule has 0 spiro atoms. The molecule has 2 fully saturated rings. The second-order valence-corrected chi connectivity index (χ2v) is 12.6. The number of phenolic OH excluding ortho intramolecular Hbond substituents is 1. The smallest absolute Gasteiger partial charge is 0.255 e. The van der Waals surface area contributed by atoms with Gasteiger partial charge in [-0.05, 0) is 77.0 Å². The lowest BCUT2D eigenvalue weighted by atomic mass is 9.57. The van der Waals surface area contributed by atoms with Crippen molar-refractivity contribution in [2.24, 2.45) is 23.5 Å². The van der Waals surface area contributed by atoms with Gasteiger partial charge in [-0.2, -0.15) is 0 Å². The maximum Gasteiger partial charge on any atom is 0.255 e. The van der Waals surface area contributed by atoms with Crippen LogP contribution in [0.3, 0.4) is 0 Å². The van der Waals surface area contributed by atoms with Gasteiger partial charge in [-0.3, -0.25) is 24.2 Å². The highest BCUT2D eigenvalue weighted by molar-refractivity contribution is 6.24. The number of phenols is 1. The van der Waals surface area contributed by atoms with E-state index in [1.807, 2.05) is 20.9 Å². The van der Waals surface area contributed by atoms with Crippen LogP contribution in [0.25, 0.3) is 5.76 Å². The van der Waals surface area contributed by atoms with E-state index in [1.165, 1.54) is 0 Å². The van der Waals surface area contributed by atoms with E-state index < -0.39 is 63.9 Å². The number of aromatic hydroxyl groups is 1. The quantitative estimate of drug-likeness (QED) is 0.316. The third-order valence-corrected chi connectivity index (χ3v) is 10.4. The minimum atomic E-state index is -2.72. The number of hydrogen-bond acceptors (Lipinski definition) is 9. The lowest BCUT2D eigenvalue weighted by molar-refractivity contribution is -0.155. The number of hydrogen-bond donors (Lipinski definition) is 5. The van der Waals surface area contributed by atoms with Crippen molar-refractivity contribution in [1.29, 1.82) is 0 Å². The van der Waals surface area contributed by atoms with E-state index in [2.05, 4.69) is 4.90 Å². The number of fused-ring (bicyclic) bond motifs is 6. The molecule has 0 bridgehead atoms. The second kappa shape index (κ2) is 9.89. The lowest BCUT2D eigenvalue weighted by Gasteiger charge is -2.51. The summed E-state index contributed by atoms with van der Waals surface area (Å²) < 4.78 is 16.4. The Bertz CT molecular complexity index is 1480. The fourth-order valence-corrected chi connectivity index (χ4v) is 8.67. The molecule has 1 aromatic rings. The zero-order valence-electron chi connectivity index (χ0n) is 24.1. The molecule has 4 aliphatic carbocycles. The Balaban J connectivity index is 1.54. The van der Waals surface area contributed by atoms with Crippen molar-refractivity contribution in [1.82, 2.24) is 9.80 Å². The Morgan fingerprint density at radius 3 is 2.40 bits per heavy atom. The van der Waals surface area contributed by atoms with Gasteiger partial charge < -0.3 is 26.2 Å². The van der Waals surface area contributed by atoms with Crippen molar-refractivity contribution < 1.29 is 39.2 Å². The number of benzene rings is 1. The average Bonchev–Trinajstić information content (AvgIpc) is 3.49. The van der Waals surface area contributed by atoms with Crippen LogP contribution in [0.1, 0.15) is 67.8 Å². The van der Waals surface area contributed by atoms with Crippen LogP contribution in [0.15, 0.2) is 16.9 Å². The largest absolute Gasteiger partial charge is 0.508 e. The van der Waals surface area contributed by atoms with E-state index in [1.54, 1.807) is 4.90 Å². The van der Waals surface area contributed by atoms with Gasteiger partial charge in [-0.15, -0.1) is 0 Å². The van der Waals surface area contributed by atoms with Crippen molar-refractivity contribution in [3.05, 3.63) is 45.0 Å². The summed E-state index contributed by atoms with van der Waals surface area (Å²) in [6.07, 6.45) is 2.46. The maximum atomic E-state index is 16.4. The summed E-state index contributed by atoms with van der Waals surface area (Å²) in [6, 6.07) is -1.33. The predicted molar refractivity (Wildman–Crippen MR) is 150 cm³/mol. The maximum absolute atomic E-state index is 16.4. The molecule has 1 aliphatic heterocycles. The minimum Gasteiger partial charge on any atom is -0.508 e. The Kier molecular flexibility index (Phi) is 6.79. The summed E-state index contributed by atoms with van der Waals surface area (Å²) in [5.41, 5.74) is 2.46. The number of amides is 1. The Morgan fingerprint density at radius 1 is 1.12 bits per heavy atom. The molecule has 1 aromatic carbocycles. The summed E-state index contributed by atoms with van der Waals surface area (Å²) in [7, 11) is 1.92. The molecule has 42 heavy (non-hydrogen) atoms. The zero-order valence-corrected chi connectivity index (χ0v) is 24.1. The molecule has 6 atom stereocenters. The number of primary amides is 1. The molecule has 226 valence electrons. The number of aliphatic hydroxyl groups is 3. The first-order chi connectivity index (χ1) is 19.9. The molecule has 0 aromatic heterocycles. The van der Waals surface area contributed by atoms with Crippen molar-refractivity contribution in [3.8, 4) is 5.75 Å². The van der Waals surface area contributed by atoms with Crippen LogP contribution in [0.4, 0.5) is 4.39 Å². The summed E-state index contributed by atoms with van der Waals surface area (Å²) >= 11 is 0. The van der Waals surface area contributed by atoms with E-state index in [4.69, 9.17) is 5.73 Å². The first-order valence-electron chi connectivity index (χ1n) is 14.9. The molecule has 0 radical (unpaired) electrons. The van der Waals surface area contributed by atoms with Gasteiger partial charge in [0.2, 0.25) is 5.78 Å². The highest BCUT2D eigenvalue weighted by Crippen LogP contribution is 2.57. The van der Waals surface area contributed by atoms with Crippen molar-refractivity contribution in [2.75, 3.05) is 26.7 Å². The minimum absolute atomic E-state index is 0.0452. The normalized spacial score (nSPS) is 32.2. The van der Waals surface area contributed by atoms with Crippen LogP contribution in [0.2, 0.25) is 0 Å². The predicted octanol–water partition coefficient (Wildman–Crippen LogP) is 2.21. The summed E-state index contributed by atoms with van der Waals surface area (Å²) in [4.78, 5) is 44.2. The van der Waals surface area contributed by atoms with Crippen LogP contribution in [0, 0.1) is 23.6 Å². The molecule has 5 aliphatic rings. The molecule has 6 rings (SSSR count). The fourth-order valence-electron chi connectivity index (χ4n) is 8.67. The highest BCUT2D eigenvalue weighted by Gasteiger charge is 2.64. The van der Waals surface area contributed by atoms with Crippen LogP contribution in [0.5, 0.6) is 5.75 Å². The second-order valence-electron chi connectivity index (χ2n) is 12.6. The van der Waals surface area contributed by atoms with Crippen molar-refractivity contribution in [3.63, 3.8) is 0 Å². The van der Waals surface area contributed by atoms with Gasteiger partial charge in [0.15, 0.2) is 11.4 Å². The third kappa shape index (κ3) is 3.62. The van der Waals surface area contributed by atoms with Crippen LogP contribution >= 0.6 is 0 Å². The lowest BCUT2D eigenvalue weighted by Crippen LogP contribution is -2.66. The van der Waals surface area contributed by atoms with Gasteiger partial charge >= 0.3 is 0 Å². The molecule has 1 saturated heterocycles. The van der Waals surface area contributed by atoms with Crippen LogP contribution < -0.4 is 5.73 Å². The Hall–Kier alpha value is -3.28. The van der Waals surface area contributed by atoms with E-state index in [0.717, 1.165) is 13.0 Å². The van der Waals surface area contributed by atoms with E-state index in [-0.39, 0.29) is 47.3 Å². The van der Waals surface area contributed by atoms with Gasteiger partial charge in [0, 0.05) is 34.2 Å². The summed E-state index contributed by atoms with van der Waals surface area (Å²) in [5, 5.41) is 46.1. The van der Waals surface area contributed by atoms with Crippen LogP contribution in [-0.4, -0.2) is 86.0 Å². The third-order valence-electron chi connectivity index (χ3n) is 10.4. The van der Waals surface area contributed by atoms with Gasteiger partial charge in [0.05, 0.1) is 11.6 Å². The zero-order chi connectivity index (χ0) is 30.4. The number of ketones is 2. The van der Waals surface area contributed by atoms with Gasteiger partial charge in [-0.25, -0.2) is 4.39 Å². The molecule has 1 amide bonds. The van der Waals surface area contributed by atoms with E-state index >= 15 is 4.39 Å². The molecule has 1 heterocycles. The van der Waals surface area contributed by atoms with Gasteiger partial charge in [-0.1, -0.05) is 13.8 Å². The number of carbonyl (C=O) groups excluding carboxylic acids is 3. The summed E-state index contributed by atoms with van der Waals surface area (Å²) in [6.45, 7) is 5.47. The average molecular weight is 584 g/mol. The first-order valence-corrected chi connectivity index (χ1v) is 14.9.